The standard InChI is InChI=1S/C7H15NO3S/c1-3-7-12(10,11)8(4-2)5-6-9/h3,9H,1,4-7H2,2H3. The molecule has 0 aromatic heterocycles. The number of sulfonamides is 1. The second-order valence-corrected chi connectivity index (χ2v) is 4.30. The molecule has 0 fully saturated rings. The second-order valence-electron chi connectivity index (χ2n) is 2.28. The maximum atomic E-state index is 11.3. The van der Waals surface area contributed by atoms with Crippen LogP contribution in [0, 0.1) is 0 Å². The SMILES string of the molecule is C=CCS(=O)(=O)N(CC)CCO. The van der Waals surface area contributed by atoms with Gasteiger partial charge in [0.25, 0.3) is 0 Å². The first-order valence-corrected chi connectivity index (χ1v) is 5.39. The van der Waals surface area contributed by atoms with Crippen LogP contribution >= 0.6 is 0 Å². The molecule has 0 aromatic carbocycles. The largest absolute Gasteiger partial charge is 0.395 e. The maximum absolute atomic E-state index is 11.3. The van der Waals surface area contributed by atoms with Crippen LogP contribution in [-0.4, -0.2) is 43.3 Å². The smallest absolute Gasteiger partial charge is 0.217 e. The quantitative estimate of drug-likeness (QED) is 0.595. The van der Waals surface area contributed by atoms with Gasteiger partial charge in [0.05, 0.1) is 12.4 Å². The van der Waals surface area contributed by atoms with Crippen LogP contribution in [0.1, 0.15) is 6.92 Å². The summed E-state index contributed by atoms with van der Waals surface area (Å²) < 4.78 is 23.8. The van der Waals surface area contributed by atoms with Crippen molar-refractivity contribution < 1.29 is 13.5 Å². The Morgan fingerprint density at radius 1 is 1.58 bits per heavy atom. The topological polar surface area (TPSA) is 57.6 Å². The summed E-state index contributed by atoms with van der Waals surface area (Å²) >= 11 is 0. The first kappa shape index (κ1) is 11.6. The lowest BCUT2D eigenvalue weighted by molar-refractivity contribution is 0.257. The molecule has 0 amide bonds. The van der Waals surface area contributed by atoms with E-state index in [1.807, 2.05) is 0 Å². The Labute approximate surface area is 73.6 Å². The van der Waals surface area contributed by atoms with Gasteiger partial charge in [-0.3, -0.25) is 0 Å². The lowest BCUT2D eigenvalue weighted by atomic mass is 10.6. The van der Waals surface area contributed by atoms with E-state index in [-0.39, 0.29) is 18.9 Å². The second kappa shape index (κ2) is 5.29. The molecule has 0 atom stereocenters. The average molecular weight is 193 g/mol. The van der Waals surface area contributed by atoms with Crippen LogP contribution in [0.15, 0.2) is 12.7 Å². The summed E-state index contributed by atoms with van der Waals surface area (Å²) in [6.45, 7) is 5.48. The minimum Gasteiger partial charge on any atom is -0.395 e. The normalized spacial score (nSPS) is 11.9. The summed E-state index contributed by atoms with van der Waals surface area (Å²) in [5, 5.41) is 8.57. The van der Waals surface area contributed by atoms with Gasteiger partial charge in [-0.25, -0.2) is 8.42 Å². The number of aliphatic hydroxyl groups excluding tert-OH is 1. The zero-order chi connectivity index (χ0) is 9.61. The molecular formula is C7H15NO3S. The number of hydrogen-bond donors (Lipinski definition) is 1. The van der Waals surface area contributed by atoms with Crippen LogP contribution in [0.4, 0.5) is 0 Å². The fourth-order valence-corrected chi connectivity index (χ4v) is 2.12. The monoisotopic (exact) mass is 193 g/mol. The van der Waals surface area contributed by atoms with E-state index in [0.717, 1.165) is 0 Å². The highest BCUT2D eigenvalue weighted by molar-refractivity contribution is 7.89. The molecule has 0 rings (SSSR count). The first-order valence-electron chi connectivity index (χ1n) is 3.78. The molecule has 0 aliphatic rings. The number of rotatable bonds is 6. The van der Waals surface area contributed by atoms with E-state index in [1.165, 1.54) is 10.4 Å². The number of aliphatic hydroxyl groups is 1. The lowest BCUT2D eigenvalue weighted by Crippen LogP contribution is -2.34. The van der Waals surface area contributed by atoms with Crippen LogP contribution in [-0.2, 0) is 10.0 Å². The Morgan fingerprint density at radius 3 is 2.50 bits per heavy atom. The van der Waals surface area contributed by atoms with Crippen molar-refractivity contribution in [1.82, 2.24) is 4.31 Å². The minimum atomic E-state index is -3.23. The van der Waals surface area contributed by atoms with Crippen LogP contribution in [0.25, 0.3) is 0 Å². The Bertz CT molecular complexity index is 223. The molecular weight excluding hydrogens is 178 g/mol. The Morgan fingerprint density at radius 2 is 2.17 bits per heavy atom. The van der Waals surface area contributed by atoms with Crippen molar-refractivity contribution >= 4 is 10.0 Å². The van der Waals surface area contributed by atoms with E-state index in [0.29, 0.717) is 6.54 Å². The van der Waals surface area contributed by atoms with Crippen molar-refractivity contribution in [2.24, 2.45) is 0 Å². The van der Waals surface area contributed by atoms with E-state index >= 15 is 0 Å². The van der Waals surface area contributed by atoms with Gasteiger partial charge in [0.2, 0.25) is 10.0 Å². The number of hydrogen-bond acceptors (Lipinski definition) is 3. The first-order chi connectivity index (χ1) is 5.58. The van der Waals surface area contributed by atoms with E-state index < -0.39 is 10.0 Å². The van der Waals surface area contributed by atoms with Gasteiger partial charge in [0, 0.05) is 13.1 Å². The zero-order valence-corrected chi connectivity index (χ0v) is 8.05. The third-order valence-corrected chi connectivity index (χ3v) is 3.31. The molecule has 0 spiro atoms. The van der Waals surface area contributed by atoms with Gasteiger partial charge in [-0.15, -0.1) is 6.58 Å². The fraction of sp³-hybridized carbons (Fsp3) is 0.714. The van der Waals surface area contributed by atoms with Crippen LogP contribution in [0.3, 0.4) is 0 Å². The summed E-state index contributed by atoms with van der Waals surface area (Å²) in [4.78, 5) is 0. The molecule has 0 aliphatic heterocycles. The van der Waals surface area contributed by atoms with Gasteiger partial charge < -0.3 is 5.11 Å². The van der Waals surface area contributed by atoms with E-state index in [2.05, 4.69) is 6.58 Å². The van der Waals surface area contributed by atoms with Gasteiger partial charge in [-0.1, -0.05) is 13.0 Å². The predicted octanol–water partition coefficient (Wildman–Crippen LogP) is -0.184. The average Bonchev–Trinajstić information content (AvgIpc) is 1.99. The van der Waals surface area contributed by atoms with Crippen molar-refractivity contribution in [2.75, 3.05) is 25.4 Å². The van der Waals surface area contributed by atoms with Crippen molar-refractivity contribution in [1.29, 1.82) is 0 Å². The molecule has 0 unspecified atom stereocenters. The Balaban J connectivity index is 4.37. The van der Waals surface area contributed by atoms with E-state index in [9.17, 15) is 8.42 Å². The molecule has 1 N–H and O–H groups in total. The molecule has 0 radical (unpaired) electrons. The molecule has 0 bridgehead atoms. The minimum absolute atomic E-state index is 0.0686. The summed E-state index contributed by atoms with van der Waals surface area (Å²) in [7, 11) is -3.23. The highest BCUT2D eigenvalue weighted by Gasteiger charge is 2.17. The van der Waals surface area contributed by atoms with Gasteiger partial charge in [0.15, 0.2) is 0 Å². The summed E-state index contributed by atoms with van der Waals surface area (Å²) in [6.07, 6.45) is 1.34. The molecule has 72 valence electrons. The van der Waals surface area contributed by atoms with Gasteiger partial charge in [-0.05, 0) is 0 Å². The van der Waals surface area contributed by atoms with Gasteiger partial charge >= 0.3 is 0 Å². The van der Waals surface area contributed by atoms with Crippen LogP contribution in [0.2, 0.25) is 0 Å². The third-order valence-electron chi connectivity index (χ3n) is 1.42. The Kier molecular flexibility index (Phi) is 5.12. The highest BCUT2D eigenvalue weighted by Crippen LogP contribution is 2.00. The van der Waals surface area contributed by atoms with Crippen molar-refractivity contribution in [2.45, 2.75) is 6.92 Å². The number of likely N-dealkylation sites (N-methyl/N-ethyl adjacent to an activating group) is 1. The van der Waals surface area contributed by atoms with Crippen molar-refractivity contribution in [3.63, 3.8) is 0 Å². The van der Waals surface area contributed by atoms with Crippen LogP contribution < -0.4 is 0 Å². The van der Waals surface area contributed by atoms with E-state index in [1.54, 1.807) is 6.92 Å². The van der Waals surface area contributed by atoms with Gasteiger partial charge in [-0.2, -0.15) is 4.31 Å². The van der Waals surface area contributed by atoms with Crippen LogP contribution in [0.5, 0.6) is 0 Å². The summed E-state index contributed by atoms with van der Waals surface area (Å²) in [5.74, 6) is -0.0686. The molecule has 12 heavy (non-hydrogen) atoms. The van der Waals surface area contributed by atoms with Gasteiger partial charge in [0.1, 0.15) is 0 Å². The van der Waals surface area contributed by atoms with Crippen molar-refractivity contribution in [3.8, 4) is 0 Å². The molecule has 0 aromatic rings. The maximum Gasteiger partial charge on any atom is 0.217 e. The predicted molar refractivity (Wildman–Crippen MR) is 48.3 cm³/mol. The molecule has 0 saturated heterocycles. The molecule has 0 saturated carbocycles. The third kappa shape index (κ3) is 3.34. The summed E-state index contributed by atoms with van der Waals surface area (Å²) in [6, 6.07) is 0. The molecule has 5 heteroatoms. The van der Waals surface area contributed by atoms with Crippen molar-refractivity contribution in [3.05, 3.63) is 12.7 Å². The number of nitrogens with zero attached hydrogens (tertiary/aromatic N) is 1. The fourth-order valence-electron chi connectivity index (χ4n) is 0.860. The summed E-state index contributed by atoms with van der Waals surface area (Å²) in [5.41, 5.74) is 0. The highest BCUT2D eigenvalue weighted by atomic mass is 32.2. The zero-order valence-electron chi connectivity index (χ0n) is 7.23. The molecule has 4 nitrogen and oxygen atoms in total. The molecule has 0 heterocycles. The van der Waals surface area contributed by atoms with E-state index in [4.69, 9.17) is 5.11 Å². The lowest BCUT2D eigenvalue weighted by Gasteiger charge is -2.17. The molecule has 0 aliphatic carbocycles. The Hall–Kier alpha value is -0.390.